The number of amides is 1. The van der Waals surface area contributed by atoms with Crippen LogP contribution in [0.5, 0.6) is 0 Å². The molecule has 0 unspecified atom stereocenters. The van der Waals surface area contributed by atoms with Crippen molar-refractivity contribution in [2.45, 2.75) is 27.7 Å². The van der Waals surface area contributed by atoms with E-state index in [0.29, 0.717) is 10.7 Å². The number of anilines is 3. The van der Waals surface area contributed by atoms with Gasteiger partial charge in [0, 0.05) is 41.4 Å². The van der Waals surface area contributed by atoms with E-state index in [1.54, 1.807) is 12.1 Å². The van der Waals surface area contributed by atoms with Gasteiger partial charge in [-0.25, -0.2) is 0 Å². The smallest absolute Gasteiger partial charge is 0.267 e. The van der Waals surface area contributed by atoms with Crippen molar-refractivity contribution in [1.29, 1.82) is 5.26 Å². The van der Waals surface area contributed by atoms with Gasteiger partial charge >= 0.3 is 0 Å². The molecule has 0 spiro atoms. The Morgan fingerprint density at radius 1 is 1.14 bits per heavy atom. The third kappa shape index (κ3) is 6.42. The molecule has 2 aromatic rings. The SMILES string of the molecule is CCN(CC)c1ccc(N/C=C(/C#N)C(=O)Nc2ccc(C)c(Cl)c2)c(C)c1.[Cl-]. The van der Waals surface area contributed by atoms with E-state index in [2.05, 4.69) is 35.4 Å². The summed E-state index contributed by atoms with van der Waals surface area (Å²) in [5.41, 5.74) is 4.46. The number of nitriles is 1. The summed E-state index contributed by atoms with van der Waals surface area (Å²) in [5.74, 6) is -0.493. The van der Waals surface area contributed by atoms with Crippen LogP contribution in [0.4, 0.5) is 17.1 Å². The lowest BCUT2D eigenvalue weighted by atomic mass is 10.1. The predicted molar refractivity (Wildman–Crippen MR) is 117 cm³/mol. The van der Waals surface area contributed by atoms with E-state index in [1.165, 1.54) is 6.20 Å². The first-order chi connectivity index (χ1) is 13.4. The molecule has 0 aliphatic heterocycles. The van der Waals surface area contributed by atoms with Gasteiger partial charge in [0.25, 0.3) is 5.91 Å². The van der Waals surface area contributed by atoms with Gasteiger partial charge in [-0.1, -0.05) is 17.7 Å². The average molecular weight is 432 g/mol. The van der Waals surface area contributed by atoms with Crippen molar-refractivity contribution >= 4 is 34.6 Å². The number of halogens is 2. The molecule has 0 aromatic heterocycles. The van der Waals surface area contributed by atoms with E-state index in [4.69, 9.17) is 11.6 Å². The Hall–Kier alpha value is -2.68. The Labute approximate surface area is 183 Å². The van der Waals surface area contributed by atoms with Crippen LogP contribution in [0, 0.1) is 25.2 Å². The summed E-state index contributed by atoms with van der Waals surface area (Å²) in [6, 6.07) is 13.2. The summed E-state index contributed by atoms with van der Waals surface area (Å²) in [7, 11) is 0. The summed E-state index contributed by atoms with van der Waals surface area (Å²) in [6.07, 6.45) is 1.42. The van der Waals surface area contributed by atoms with Crippen molar-refractivity contribution in [3.8, 4) is 6.07 Å². The first kappa shape index (κ1) is 24.4. The average Bonchev–Trinajstić information content (AvgIpc) is 2.67. The van der Waals surface area contributed by atoms with Crippen molar-refractivity contribution in [3.63, 3.8) is 0 Å². The summed E-state index contributed by atoms with van der Waals surface area (Å²) in [4.78, 5) is 14.6. The largest absolute Gasteiger partial charge is 1.00 e. The van der Waals surface area contributed by atoms with Crippen LogP contribution in [-0.4, -0.2) is 19.0 Å². The van der Waals surface area contributed by atoms with Gasteiger partial charge in [-0.2, -0.15) is 5.26 Å². The number of hydrogen-bond acceptors (Lipinski definition) is 4. The predicted octanol–water partition coefficient (Wildman–Crippen LogP) is 2.27. The molecule has 154 valence electrons. The quantitative estimate of drug-likeness (QED) is 0.521. The molecule has 0 radical (unpaired) electrons. The van der Waals surface area contributed by atoms with Crippen molar-refractivity contribution in [2.24, 2.45) is 0 Å². The molecule has 0 saturated heterocycles. The molecular formula is C22H25Cl2N4O-. The Balaban J connectivity index is 0.00000420. The van der Waals surface area contributed by atoms with Gasteiger partial charge in [0.15, 0.2) is 0 Å². The highest BCUT2D eigenvalue weighted by Gasteiger charge is 2.11. The Kier molecular flexibility index (Phi) is 9.54. The second-order valence-electron chi connectivity index (χ2n) is 6.40. The summed E-state index contributed by atoms with van der Waals surface area (Å²) in [5, 5.41) is 15.7. The van der Waals surface area contributed by atoms with Crippen molar-refractivity contribution in [2.75, 3.05) is 28.6 Å². The second-order valence-corrected chi connectivity index (χ2v) is 6.81. The normalized spacial score (nSPS) is 10.6. The van der Waals surface area contributed by atoms with Crippen LogP contribution in [0.3, 0.4) is 0 Å². The van der Waals surface area contributed by atoms with E-state index in [9.17, 15) is 10.1 Å². The minimum absolute atomic E-state index is 0. The molecular weight excluding hydrogens is 407 g/mol. The number of benzene rings is 2. The molecule has 0 saturated carbocycles. The Morgan fingerprint density at radius 2 is 1.83 bits per heavy atom. The number of nitrogens with one attached hydrogen (secondary N) is 2. The van der Waals surface area contributed by atoms with Crippen molar-refractivity contribution < 1.29 is 17.2 Å². The zero-order chi connectivity index (χ0) is 20.7. The fraction of sp³-hybridized carbons (Fsp3) is 0.273. The zero-order valence-corrected chi connectivity index (χ0v) is 18.5. The lowest BCUT2D eigenvalue weighted by Crippen LogP contribution is -3.00. The molecule has 0 aliphatic rings. The maximum absolute atomic E-state index is 12.4. The van der Waals surface area contributed by atoms with Crippen LogP contribution in [-0.2, 0) is 4.79 Å². The van der Waals surface area contributed by atoms with Gasteiger partial charge in [-0.15, -0.1) is 0 Å². The van der Waals surface area contributed by atoms with E-state index in [1.807, 2.05) is 38.1 Å². The molecule has 1 amide bonds. The minimum Gasteiger partial charge on any atom is -1.00 e. The fourth-order valence-corrected chi connectivity index (χ4v) is 2.94. The molecule has 29 heavy (non-hydrogen) atoms. The van der Waals surface area contributed by atoms with E-state index < -0.39 is 5.91 Å². The molecule has 0 bridgehead atoms. The number of carbonyl (C=O) groups excluding carboxylic acids is 1. The standard InChI is InChI=1S/C22H25ClN4O.ClH/c1-5-27(6-2)19-9-10-21(16(4)11-19)25-14-17(13-24)22(28)26-18-8-7-15(3)20(23)12-18;/h7-12,14,25H,5-6H2,1-4H3,(H,26,28);1H/p-1/b17-14-;. The fourth-order valence-electron chi connectivity index (χ4n) is 2.76. The summed E-state index contributed by atoms with van der Waals surface area (Å²) >= 11 is 6.08. The van der Waals surface area contributed by atoms with Crippen molar-refractivity contribution in [3.05, 3.63) is 64.3 Å². The molecule has 0 atom stereocenters. The van der Waals surface area contributed by atoms with E-state index in [-0.39, 0.29) is 18.0 Å². The first-order valence-corrected chi connectivity index (χ1v) is 9.57. The van der Waals surface area contributed by atoms with Gasteiger partial charge in [0.05, 0.1) is 0 Å². The van der Waals surface area contributed by atoms with Crippen LogP contribution in [0.2, 0.25) is 5.02 Å². The lowest BCUT2D eigenvalue weighted by molar-refractivity contribution is -0.112. The highest BCUT2D eigenvalue weighted by atomic mass is 35.5. The maximum Gasteiger partial charge on any atom is 0.267 e. The number of rotatable bonds is 7. The minimum atomic E-state index is -0.493. The number of carbonyl (C=O) groups is 1. The van der Waals surface area contributed by atoms with Gasteiger partial charge in [0.2, 0.25) is 0 Å². The Bertz CT molecular complexity index is 931. The van der Waals surface area contributed by atoms with Crippen LogP contribution < -0.4 is 27.9 Å². The molecule has 7 heteroatoms. The molecule has 2 N–H and O–H groups in total. The van der Waals surface area contributed by atoms with Crippen LogP contribution in [0.1, 0.15) is 25.0 Å². The highest BCUT2D eigenvalue weighted by Crippen LogP contribution is 2.23. The van der Waals surface area contributed by atoms with Crippen molar-refractivity contribution in [1.82, 2.24) is 0 Å². The lowest BCUT2D eigenvalue weighted by Gasteiger charge is -2.22. The Morgan fingerprint density at radius 3 is 2.38 bits per heavy atom. The molecule has 2 rings (SSSR count). The van der Waals surface area contributed by atoms with Gasteiger partial charge < -0.3 is 27.9 Å². The molecule has 2 aromatic carbocycles. The highest BCUT2D eigenvalue weighted by molar-refractivity contribution is 6.31. The summed E-state index contributed by atoms with van der Waals surface area (Å²) in [6.45, 7) is 9.98. The van der Waals surface area contributed by atoms with Gasteiger partial charge in [0.1, 0.15) is 11.6 Å². The second kappa shape index (κ2) is 11.4. The van der Waals surface area contributed by atoms with Crippen LogP contribution in [0.25, 0.3) is 0 Å². The third-order valence-electron chi connectivity index (χ3n) is 4.51. The first-order valence-electron chi connectivity index (χ1n) is 9.19. The molecule has 0 aliphatic carbocycles. The topological polar surface area (TPSA) is 68.2 Å². The van der Waals surface area contributed by atoms with E-state index >= 15 is 0 Å². The van der Waals surface area contributed by atoms with Crippen LogP contribution in [0.15, 0.2) is 48.2 Å². The number of aryl methyl sites for hydroxylation is 2. The van der Waals surface area contributed by atoms with Gasteiger partial charge in [-0.05, 0) is 69.2 Å². The zero-order valence-electron chi connectivity index (χ0n) is 17.0. The molecule has 0 heterocycles. The number of hydrogen-bond donors (Lipinski definition) is 2. The third-order valence-corrected chi connectivity index (χ3v) is 4.91. The molecule has 0 fully saturated rings. The molecule has 5 nitrogen and oxygen atoms in total. The summed E-state index contributed by atoms with van der Waals surface area (Å²) < 4.78 is 0. The monoisotopic (exact) mass is 431 g/mol. The number of nitrogens with zero attached hydrogens (tertiary/aromatic N) is 2. The van der Waals surface area contributed by atoms with E-state index in [0.717, 1.165) is 35.6 Å². The van der Waals surface area contributed by atoms with Gasteiger partial charge in [-0.3, -0.25) is 4.79 Å². The maximum atomic E-state index is 12.4. The van der Waals surface area contributed by atoms with Crippen LogP contribution >= 0.6 is 11.6 Å².